The van der Waals surface area contributed by atoms with Crippen molar-refractivity contribution in [2.45, 2.75) is 20.8 Å². The summed E-state index contributed by atoms with van der Waals surface area (Å²) in [5.74, 6) is 0. The van der Waals surface area contributed by atoms with Crippen molar-refractivity contribution in [2.24, 2.45) is 0 Å². The van der Waals surface area contributed by atoms with Gasteiger partial charge in [-0.3, -0.25) is 4.98 Å². The van der Waals surface area contributed by atoms with Crippen LogP contribution in [0.3, 0.4) is 0 Å². The van der Waals surface area contributed by atoms with Gasteiger partial charge in [0, 0.05) is 24.2 Å². The maximum atomic E-state index is 4.25. The Morgan fingerprint density at radius 3 is 2.53 bits per heavy atom. The average Bonchev–Trinajstić information content (AvgIpc) is 2.31. The van der Waals surface area contributed by atoms with Gasteiger partial charge in [-0.25, -0.2) is 0 Å². The van der Waals surface area contributed by atoms with Crippen LogP contribution in [0.5, 0.6) is 0 Å². The molecule has 2 nitrogen and oxygen atoms in total. The van der Waals surface area contributed by atoms with E-state index in [1.54, 1.807) is 12.3 Å². The van der Waals surface area contributed by atoms with Gasteiger partial charge in [-0.15, -0.1) is 0 Å². The van der Waals surface area contributed by atoms with E-state index in [0.717, 1.165) is 16.3 Å². The molecule has 0 amide bonds. The zero-order valence-corrected chi connectivity index (χ0v) is 10.0. The van der Waals surface area contributed by atoms with E-state index in [0.29, 0.717) is 0 Å². The average molecular weight is 204 g/mol. The summed E-state index contributed by atoms with van der Waals surface area (Å²) in [5.41, 5.74) is 1.09. The zero-order chi connectivity index (χ0) is 11.7. The van der Waals surface area contributed by atoms with Crippen LogP contribution in [0, 0.1) is 0 Å². The minimum absolute atomic E-state index is 0.948. The monoisotopic (exact) mass is 204 g/mol. The molecule has 0 atom stereocenters. The summed E-state index contributed by atoms with van der Waals surface area (Å²) in [4.78, 5) is 4.25. The fourth-order valence-electron chi connectivity index (χ4n) is 1.26. The maximum absolute atomic E-state index is 4.25. The normalized spacial score (nSPS) is 11.7. The van der Waals surface area contributed by atoms with E-state index in [2.05, 4.69) is 16.9 Å². The van der Waals surface area contributed by atoms with E-state index in [4.69, 9.17) is 0 Å². The topological polar surface area (TPSA) is 24.9 Å². The van der Waals surface area contributed by atoms with Gasteiger partial charge in [0.15, 0.2) is 0 Å². The third-order valence-corrected chi connectivity index (χ3v) is 1.85. The number of pyridine rings is 1. The number of anilines is 1. The number of rotatable bonds is 2. The molecule has 1 heterocycles. The van der Waals surface area contributed by atoms with Gasteiger partial charge >= 0.3 is 0 Å². The van der Waals surface area contributed by atoms with Crippen LogP contribution in [0.4, 0.5) is 5.69 Å². The zero-order valence-electron chi connectivity index (χ0n) is 10.0. The van der Waals surface area contributed by atoms with E-state index in [1.807, 2.05) is 46.0 Å². The molecule has 1 N–H and O–H groups in total. The molecule has 0 radical (unpaired) electrons. The van der Waals surface area contributed by atoms with E-state index < -0.39 is 0 Å². The van der Waals surface area contributed by atoms with E-state index in [-0.39, 0.29) is 0 Å². The van der Waals surface area contributed by atoms with Crippen LogP contribution >= 0.6 is 0 Å². The van der Waals surface area contributed by atoms with E-state index in [9.17, 15) is 0 Å². The molecule has 1 rings (SSSR count). The first-order valence-corrected chi connectivity index (χ1v) is 5.25. The molecule has 1 aromatic rings. The van der Waals surface area contributed by atoms with Gasteiger partial charge in [0.25, 0.3) is 0 Å². The van der Waals surface area contributed by atoms with E-state index >= 15 is 0 Å². The highest BCUT2D eigenvalue weighted by Crippen LogP contribution is 1.91. The second kappa shape index (κ2) is 7.80. The van der Waals surface area contributed by atoms with Gasteiger partial charge in [-0.05, 0) is 19.1 Å². The Labute approximate surface area is 92.1 Å². The molecular weight excluding hydrogens is 184 g/mol. The van der Waals surface area contributed by atoms with Gasteiger partial charge in [-0.2, -0.15) is 0 Å². The van der Waals surface area contributed by atoms with Crippen LogP contribution in [-0.4, -0.2) is 12.0 Å². The number of nitrogens with one attached hydrogen (secondary N) is 1. The van der Waals surface area contributed by atoms with Crippen molar-refractivity contribution in [3.05, 3.63) is 35.5 Å². The second-order valence-corrected chi connectivity index (χ2v) is 2.60. The van der Waals surface area contributed by atoms with Crippen LogP contribution < -0.4 is 15.9 Å². The quantitative estimate of drug-likeness (QED) is 0.796. The van der Waals surface area contributed by atoms with Crippen molar-refractivity contribution in [2.75, 3.05) is 12.4 Å². The highest BCUT2D eigenvalue weighted by molar-refractivity contribution is 5.49. The van der Waals surface area contributed by atoms with Crippen molar-refractivity contribution < 1.29 is 0 Å². The third kappa shape index (κ3) is 3.58. The SMILES string of the molecule is C=C/C=c1/nccc(NC)/c1=C/C.CC. The molecule has 0 aliphatic carbocycles. The molecular formula is C13H20N2. The molecule has 0 saturated heterocycles. The highest BCUT2D eigenvalue weighted by Gasteiger charge is 1.91. The summed E-state index contributed by atoms with van der Waals surface area (Å²) in [6.07, 6.45) is 7.47. The molecule has 0 aromatic carbocycles. The molecule has 15 heavy (non-hydrogen) atoms. The standard InChI is InChI=1S/C11H14N2.C2H6/c1-4-6-11-9(5-2)10(12-3)7-8-13-11;1-2/h4-8,12H,1H2,2-3H3;1-2H3/b9-5-,11-6+;. The minimum atomic E-state index is 0.948. The van der Waals surface area contributed by atoms with Crippen molar-refractivity contribution in [1.82, 2.24) is 4.98 Å². The smallest absolute Gasteiger partial charge is 0.0719 e. The molecule has 0 aliphatic rings. The summed E-state index contributed by atoms with van der Waals surface area (Å²) >= 11 is 0. The van der Waals surface area contributed by atoms with Crippen LogP contribution in [-0.2, 0) is 0 Å². The fraction of sp³-hybridized carbons (Fsp3) is 0.308. The molecule has 0 unspecified atom stereocenters. The number of nitrogens with zero attached hydrogens (tertiary/aromatic N) is 1. The molecule has 0 fully saturated rings. The summed E-state index contributed by atoms with van der Waals surface area (Å²) in [6.45, 7) is 9.66. The van der Waals surface area contributed by atoms with Crippen molar-refractivity contribution in [1.29, 1.82) is 0 Å². The molecule has 82 valence electrons. The Morgan fingerprint density at radius 2 is 2.07 bits per heavy atom. The summed E-state index contributed by atoms with van der Waals surface area (Å²) in [5, 5.41) is 5.18. The molecule has 0 spiro atoms. The van der Waals surface area contributed by atoms with Crippen molar-refractivity contribution >= 4 is 17.8 Å². The van der Waals surface area contributed by atoms with E-state index in [1.165, 1.54) is 0 Å². The third-order valence-electron chi connectivity index (χ3n) is 1.85. The first-order chi connectivity index (χ1) is 7.33. The predicted molar refractivity (Wildman–Crippen MR) is 69.2 cm³/mol. The number of aromatic nitrogens is 1. The summed E-state index contributed by atoms with van der Waals surface area (Å²) < 4.78 is 0. The fourth-order valence-corrected chi connectivity index (χ4v) is 1.26. The van der Waals surface area contributed by atoms with Crippen LogP contribution in [0.2, 0.25) is 0 Å². The van der Waals surface area contributed by atoms with Gasteiger partial charge < -0.3 is 5.32 Å². The van der Waals surface area contributed by atoms with Crippen molar-refractivity contribution in [3.8, 4) is 0 Å². The summed E-state index contributed by atoms with van der Waals surface area (Å²) in [7, 11) is 1.90. The Morgan fingerprint density at radius 1 is 1.40 bits per heavy atom. The van der Waals surface area contributed by atoms with Gasteiger partial charge in [-0.1, -0.05) is 32.6 Å². The Hall–Kier alpha value is -1.57. The lowest BCUT2D eigenvalue weighted by Crippen LogP contribution is -2.29. The lowest BCUT2D eigenvalue weighted by atomic mass is 10.2. The van der Waals surface area contributed by atoms with Crippen molar-refractivity contribution in [3.63, 3.8) is 0 Å². The first-order valence-electron chi connectivity index (χ1n) is 5.25. The molecule has 1 aromatic heterocycles. The Bertz CT molecular complexity index is 405. The lowest BCUT2D eigenvalue weighted by Gasteiger charge is -1.99. The maximum Gasteiger partial charge on any atom is 0.0719 e. The lowest BCUT2D eigenvalue weighted by molar-refractivity contribution is 1.21. The van der Waals surface area contributed by atoms with Gasteiger partial charge in [0.2, 0.25) is 0 Å². The minimum Gasteiger partial charge on any atom is -0.388 e. The van der Waals surface area contributed by atoms with Crippen LogP contribution in [0.25, 0.3) is 12.2 Å². The number of hydrogen-bond donors (Lipinski definition) is 1. The Balaban J connectivity index is 0.000000921. The van der Waals surface area contributed by atoms with Gasteiger partial charge in [0.05, 0.1) is 5.35 Å². The highest BCUT2D eigenvalue weighted by atomic mass is 14.8. The van der Waals surface area contributed by atoms with Crippen LogP contribution in [0.15, 0.2) is 24.9 Å². The van der Waals surface area contributed by atoms with Crippen LogP contribution in [0.1, 0.15) is 20.8 Å². The largest absolute Gasteiger partial charge is 0.388 e. The van der Waals surface area contributed by atoms with Gasteiger partial charge in [0.1, 0.15) is 0 Å². The molecule has 2 heteroatoms. The predicted octanol–water partition coefficient (Wildman–Crippen LogP) is 1.92. The molecule has 0 bridgehead atoms. The molecule has 0 aliphatic heterocycles. The first kappa shape index (κ1) is 13.4. The summed E-state index contributed by atoms with van der Waals surface area (Å²) in [6, 6.07) is 1.95. The number of hydrogen-bond acceptors (Lipinski definition) is 2. The second-order valence-electron chi connectivity index (χ2n) is 2.60. The number of allylic oxidation sites excluding steroid dienone is 1. The molecule has 0 saturated carbocycles. The Kier molecular flexibility index (Phi) is 6.98.